The van der Waals surface area contributed by atoms with Crippen LogP contribution in [0.15, 0.2) is 11.6 Å². The van der Waals surface area contributed by atoms with E-state index in [0.717, 1.165) is 17.6 Å². The molecular weight excluding hydrogens is 148 g/mol. The van der Waals surface area contributed by atoms with Crippen molar-refractivity contribution in [2.75, 3.05) is 5.75 Å². The molecule has 1 heterocycles. The number of carbonyl (C=O) groups is 2. The molecule has 0 N–H and O–H groups in total. The lowest BCUT2D eigenvalue weighted by Gasteiger charge is -1.92. The maximum Gasteiger partial charge on any atom is 0.215 e. The van der Waals surface area contributed by atoms with Crippen LogP contribution in [0, 0.1) is 0 Å². The number of rotatable bonds is 3. The fourth-order valence-electron chi connectivity index (χ4n) is 0.813. The lowest BCUT2D eigenvalue weighted by molar-refractivity contribution is -0.108. The summed E-state index contributed by atoms with van der Waals surface area (Å²) in [5.41, 5.74) is 0.817. The Morgan fingerprint density at radius 2 is 2.50 bits per heavy atom. The van der Waals surface area contributed by atoms with Crippen molar-refractivity contribution in [3.8, 4) is 0 Å². The van der Waals surface area contributed by atoms with Crippen molar-refractivity contribution in [3.63, 3.8) is 0 Å². The second-order valence-electron chi connectivity index (χ2n) is 2.03. The summed E-state index contributed by atoms with van der Waals surface area (Å²) in [7, 11) is 0. The Morgan fingerprint density at radius 1 is 1.70 bits per heavy atom. The van der Waals surface area contributed by atoms with Crippen LogP contribution < -0.4 is 0 Å². The zero-order valence-corrected chi connectivity index (χ0v) is 6.32. The molecule has 0 radical (unpaired) electrons. The summed E-state index contributed by atoms with van der Waals surface area (Å²) in [5.74, 6) is 0.785. The largest absolute Gasteiger partial charge is 0.303 e. The van der Waals surface area contributed by atoms with Crippen molar-refractivity contribution in [1.82, 2.24) is 0 Å². The molecule has 2 nitrogen and oxygen atoms in total. The van der Waals surface area contributed by atoms with Crippen molar-refractivity contribution in [2.45, 2.75) is 12.8 Å². The van der Waals surface area contributed by atoms with Gasteiger partial charge in [0.05, 0.1) is 0 Å². The average molecular weight is 156 g/mol. The molecular formula is C7H8O2S. The molecule has 3 heteroatoms. The van der Waals surface area contributed by atoms with Gasteiger partial charge in [-0.2, -0.15) is 0 Å². The van der Waals surface area contributed by atoms with E-state index in [1.54, 1.807) is 0 Å². The van der Waals surface area contributed by atoms with Crippen LogP contribution >= 0.6 is 11.8 Å². The van der Waals surface area contributed by atoms with Crippen molar-refractivity contribution >= 4 is 23.2 Å². The van der Waals surface area contributed by atoms with Gasteiger partial charge in [0.25, 0.3) is 0 Å². The monoisotopic (exact) mass is 156 g/mol. The fourth-order valence-corrected chi connectivity index (χ4v) is 1.62. The molecule has 1 rings (SSSR count). The van der Waals surface area contributed by atoms with E-state index in [9.17, 15) is 9.59 Å². The molecule has 0 aliphatic carbocycles. The maximum atomic E-state index is 10.9. The van der Waals surface area contributed by atoms with Gasteiger partial charge in [-0.15, -0.1) is 0 Å². The topological polar surface area (TPSA) is 34.1 Å². The van der Waals surface area contributed by atoms with E-state index in [4.69, 9.17) is 0 Å². The molecule has 0 unspecified atom stereocenters. The molecule has 0 fully saturated rings. The molecule has 0 bridgehead atoms. The number of carbonyl (C=O) groups excluding carboxylic acids is 2. The van der Waals surface area contributed by atoms with E-state index >= 15 is 0 Å². The summed E-state index contributed by atoms with van der Waals surface area (Å²) >= 11 is 1.31. The summed E-state index contributed by atoms with van der Waals surface area (Å²) in [6.45, 7) is 0. The van der Waals surface area contributed by atoms with Crippen LogP contribution in [-0.2, 0) is 9.59 Å². The zero-order chi connectivity index (χ0) is 7.40. The molecule has 0 atom stereocenters. The van der Waals surface area contributed by atoms with Crippen LogP contribution in [-0.4, -0.2) is 17.2 Å². The van der Waals surface area contributed by atoms with Gasteiger partial charge >= 0.3 is 0 Å². The van der Waals surface area contributed by atoms with E-state index in [1.165, 1.54) is 11.8 Å². The van der Waals surface area contributed by atoms with Crippen molar-refractivity contribution < 1.29 is 9.59 Å². The summed E-state index contributed by atoms with van der Waals surface area (Å²) in [4.78, 5) is 20.8. The Morgan fingerprint density at radius 3 is 3.00 bits per heavy atom. The summed E-state index contributed by atoms with van der Waals surface area (Å²) in [6.07, 6.45) is 3.83. The van der Waals surface area contributed by atoms with Gasteiger partial charge in [0.15, 0.2) is 0 Å². The van der Waals surface area contributed by atoms with Crippen LogP contribution in [0.2, 0.25) is 0 Å². The van der Waals surface area contributed by atoms with Crippen LogP contribution in [0.4, 0.5) is 0 Å². The third-order valence-corrected chi connectivity index (χ3v) is 2.20. The minimum absolute atomic E-state index is 0.141. The Bertz CT molecular complexity index is 184. The summed E-state index contributed by atoms with van der Waals surface area (Å²) in [6, 6.07) is 0. The van der Waals surface area contributed by atoms with Crippen LogP contribution in [0.25, 0.3) is 0 Å². The van der Waals surface area contributed by atoms with Gasteiger partial charge in [0.1, 0.15) is 6.29 Å². The van der Waals surface area contributed by atoms with E-state index < -0.39 is 0 Å². The smallest absolute Gasteiger partial charge is 0.215 e. The standard InChI is InChI=1S/C7H8O2S/c8-4-1-2-6-3-5-10-7(6)9/h3-4H,1-2,5H2. The minimum atomic E-state index is 0.141. The minimum Gasteiger partial charge on any atom is -0.303 e. The molecule has 0 aromatic carbocycles. The Labute approximate surface area is 63.7 Å². The number of hydrogen-bond donors (Lipinski definition) is 0. The Balaban J connectivity index is 2.39. The van der Waals surface area contributed by atoms with Gasteiger partial charge in [-0.25, -0.2) is 0 Å². The van der Waals surface area contributed by atoms with Gasteiger partial charge < -0.3 is 4.79 Å². The maximum absolute atomic E-state index is 10.9. The predicted octanol–water partition coefficient (Wildman–Crippen LogP) is 1.17. The number of hydrogen-bond acceptors (Lipinski definition) is 3. The molecule has 1 aliphatic rings. The first-order valence-corrected chi connectivity index (χ1v) is 4.13. The highest BCUT2D eigenvalue weighted by molar-refractivity contribution is 8.14. The highest BCUT2D eigenvalue weighted by Crippen LogP contribution is 2.22. The summed E-state index contributed by atoms with van der Waals surface area (Å²) < 4.78 is 0. The first kappa shape index (κ1) is 7.54. The second-order valence-corrected chi connectivity index (χ2v) is 3.03. The SMILES string of the molecule is O=CCCC1=CCSC1=O. The quantitative estimate of drug-likeness (QED) is 0.575. The second kappa shape index (κ2) is 3.56. The molecule has 0 aromatic rings. The lowest BCUT2D eigenvalue weighted by atomic mass is 10.2. The van der Waals surface area contributed by atoms with Gasteiger partial charge in [0.2, 0.25) is 5.12 Å². The van der Waals surface area contributed by atoms with Gasteiger partial charge in [-0.1, -0.05) is 17.8 Å². The zero-order valence-electron chi connectivity index (χ0n) is 5.50. The third-order valence-electron chi connectivity index (χ3n) is 1.34. The van der Waals surface area contributed by atoms with E-state index in [-0.39, 0.29) is 5.12 Å². The lowest BCUT2D eigenvalue weighted by Crippen LogP contribution is -1.91. The molecule has 1 aliphatic heterocycles. The van der Waals surface area contributed by atoms with Crippen LogP contribution in [0.5, 0.6) is 0 Å². The summed E-state index contributed by atoms with van der Waals surface area (Å²) in [5, 5.41) is 0.141. The molecule has 0 aromatic heterocycles. The number of thioether (sulfide) groups is 1. The fraction of sp³-hybridized carbons (Fsp3) is 0.429. The van der Waals surface area contributed by atoms with Crippen LogP contribution in [0.3, 0.4) is 0 Å². The van der Waals surface area contributed by atoms with E-state index in [1.807, 2.05) is 6.08 Å². The number of aldehydes is 1. The molecule has 0 saturated heterocycles. The predicted molar refractivity (Wildman–Crippen MR) is 40.8 cm³/mol. The average Bonchev–Trinajstić information content (AvgIpc) is 2.31. The molecule has 10 heavy (non-hydrogen) atoms. The van der Waals surface area contributed by atoms with Crippen molar-refractivity contribution in [2.24, 2.45) is 0 Å². The third kappa shape index (κ3) is 1.70. The van der Waals surface area contributed by atoms with Crippen molar-refractivity contribution in [1.29, 1.82) is 0 Å². The normalized spacial score (nSPS) is 17.2. The highest BCUT2D eigenvalue weighted by atomic mass is 32.2. The molecule has 0 saturated carbocycles. The highest BCUT2D eigenvalue weighted by Gasteiger charge is 2.14. The molecule has 54 valence electrons. The van der Waals surface area contributed by atoms with Crippen LogP contribution in [0.1, 0.15) is 12.8 Å². The van der Waals surface area contributed by atoms with E-state index in [0.29, 0.717) is 12.8 Å². The first-order chi connectivity index (χ1) is 4.84. The Kier molecular flexibility index (Phi) is 2.68. The Hall–Kier alpha value is -0.570. The first-order valence-electron chi connectivity index (χ1n) is 3.14. The van der Waals surface area contributed by atoms with Crippen molar-refractivity contribution in [3.05, 3.63) is 11.6 Å². The van der Waals surface area contributed by atoms with Gasteiger partial charge in [-0.05, 0) is 6.42 Å². The molecule has 0 amide bonds. The van der Waals surface area contributed by atoms with E-state index in [2.05, 4.69) is 0 Å². The molecule has 0 spiro atoms. The van der Waals surface area contributed by atoms with Gasteiger partial charge in [-0.3, -0.25) is 4.79 Å². The van der Waals surface area contributed by atoms with Gasteiger partial charge in [0, 0.05) is 17.7 Å².